The molecule has 1 N–H and O–H groups in total. The first-order chi connectivity index (χ1) is 8.74. The van der Waals surface area contributed by atoms with E-state index >= 15 is 0 Å². The molecule has 1 saturated carbocycles. The number of halogens is 1. The summed E-state index contributed by atoms with van der Waals surface area (Å²) >= 11 is 3.43. The Bertz CT molecular complexity index is 346. The maximum absolute atomic E-state index is 5.88. The average Bonchev–Trinajstić information content (AvgIpc) is 2.40. The van der Waals surface area contributed by atoms with Crippen LogP contribution in [-0.4, -0.2) is 18.7 Å². The van der Waals surface area contributed by atoms with Crippen LogP contribution in [0.15, 0.2) is 28.7 Å². The number of hydrogen-bond acceptors (Lipinski definition) is 2. The predicted molar refractivity (Wildman–Crippen MR) is 79.1 cm³/mol. The molecule has 2 nitrogen and oxygen atoms in total. The van der Waals surface area contributed by atoms with Crippen LogP contribution >= 0.6 is 15.9 Å². The second-order valence-corrected chi connectivity index (χ2v) is 6.04. The SMILES string of the molecule is CC(CNC1CCCCC1)Oc1ccc(Br)cc1. The van der Waals surface area contributed by atoms with Crippen molar-refractivity contribution in [3.8, 4) is 5.75 Å². The highest BCUT2D eigenvalue weighted by molar-refractivity contribution is 9.10. The van der Waals surface area contributed by atoms with E-state index in [-0.39, 0.29) is 6.10 Å². The molecule has 0 amide bonds. The maximum Gasteiger partial charge on any atom is 0.119 e. The smallest absolute Gasteiger partial charge is 0.119 e. The molecule has 1 aromatic carbocycles. The quantitative estimate of drug-likeness (QED) is 0.882. The van der Waals surface area contributed by atoms with Gasteiger partial charge in [0.2, 0.25) is 0 Å². The lowest BCUT2D eigenvalue weighted by Crippen LogP contribution is -2.37. The zero-order chi connectivity index (χ0) is 12.8. The largest absolute Gasteiger partial charge is 0.489 e. The van der Waals surface area contributed by atoms with Crippen molar-refractivity contribution in [2.75, 3.05) is 6.54 Å². The molecule has 1 fully saturated rings. The molecule has 1 aliphatic rings. The second-order valence-electron chi connectivity index (χ2n) is 5.13. The van der Waals surface area contributed by atoms with Gasteiger partial charge in [-0.05, 0) is 44.0 Å². The van der Waals surface area contributed by atoms with Gasteiger partial charge in [0.1, 0.15) is 11.9 Å². The minimum Gasteiger partial charge on any atom is -0.489 e. The highest BCUT2D eigenvalue weighted by Gasteiger charge is 2.14. The molecule has 1 aromatic rings. The lowest BCUT2D eigenvalue weighted by atomic mass is 9.95. The summed E-state index contributed by atoms with van der Waals surface area (Å²) < 4.78 is 6.96. The first-order valence-electron chi connectivity index (χ1n) is 6.89. The normalized spacial score (nSPS) is 18.6. The van der Waals surface area contributed by atoms with Gasteiger partial charge >= 0.3 is 0 Å². The van der Waals surface area contributed by atoms with E-state index < -0.39 is 0 Å². The van der Waals surface area contributed by atoms with Gasteiger partial charge in [-0.15, -0.1) is 0 Å². The fraction of sp³-hybridized carbons (Fsp3) is 0.600. The van der Waals surface area contributed by atoms with E-state index in [0.717, 1.165) is 16.8 Å². The van der Waals surface area contributed by atoms with E-state index in [4.69, 9.17) is 4.74 Å². The number of nitrogens with one attached hydrogen (secondary N) is 1. The molecule has 0 radical (unpaired) electrons. The number of rotatable bonds is 5. The minimum atomic E-state index is 0.216. The first-order valence-corrected chi connectivity index (χ1v) is 7.69. The molecule has 1 atom stereocenters. The molecule has 1 aliphatic carbocycles. The Labute approximate surface area is 118 Å². The lowest BCUT2D eigenvalue weighted by Gasteiger charge is -2.25. The Morgan fingerprint density at radius 3 is 2.56 bits per heavy atom. The van der Waals surface area contributed by atoms with E-state index in [1.807, 2.05) is 24.3 Å². The zero-order valence-corrected chi connectivity index (χ0v) is 12.6. The van der Waals surface area contributed by atoms with E-state index in [2.05, 4.69) is 28.2 Å². The van der Waals surface area contributed by atoms with E-state index in [1.54, 1.807) is 0 Å². The van der Waals surface area contributed by atoms with Gasteiger partial charge in [0.25, 0.3) is 0 Å². The predicted octanol–water partition coefficient (Wildman–Crippen LogP) is 4.14. The minimum absolute atomic E-state index is 0.216. The van der Waals surface area contributed by atoms with Crippen molar-refractivity contribution in [1.29, 1.82) is 0 Å². The molecule has 0 bridgehead atoms. The van der Waals surface area contributed by atoms with Gasteiger partial charge in [0, 0.05) is 17.1 Å². The Kier molecular flexibility index (Phi) is 5.51. The molecule has 0 spiro atoms. The summed E-state index contributed by atoms with van der Waals surface area (Å²) in [5.74, 6) is 0.941. The van der Waals surface area contributed by atoms with Crippen molar-refractivity contribution in [3.63, 3.8) is 0 Å². The van der Waals surface area contributed by atoms with Gasteiger partial charge < -0.3 is 10.1 Å². The second kappa shape index (κ2) is 7.15. The summed E-state index contributed by atoms with van der Waals surface area (Å²) in [5.41, 5.74) is 0. The summed E-state index contributed by atoms with van der Waals surface area (Å²) in [6.45, 7) is 3.05. The van der Waals surface area contributed by atoms with E-state index in [0.29, 0.717) is 6.04 Å². The number of benzene rings is 1. The number of ether oxygens (including phenoxy) is 1. The maximum atomic E-state index is 5.88. The molecule has 0 saturated heterocycles. The standard InChI is InChI=1S/C15H22BrNO/c1-12(11-17-14-5-3-2-4-6-14)18-15-9-7-13(16)8-10-15/h7-10,12,14,17H,2-6,11H2,1H3. The molecule has 0 aromatic heterocycles. The third-order valence-electron chi connectivity index (χ3n) is 3.45. The van der Waals surface area contributed by atoms with Crippen LogP contribution in [0.2, 0.25) is 0 Å². The van der Waals surface area contributed by atoms with Gasteiger partial charge in [-0.1, -0.05) is 35.2 Å². The van der Waals surface area contributed by atoms with Crippen molar-refractivity contribution in [1.82, 2.24) is 5.32 Å². The fourth-order valence-electron chi connectivity index (χ4n) is 2.43. The zero-order valence-electron chi connectivity index (χ0n) is 11.0. The monoisotopic (exact) mass is 311 g/mol. The van der Waals surface area contributed by atoms with Crippen LogP contribution in [0.5, 0.6) is 5.75 Å². The van der Waals surface area contributed by atoms with Crippen LogP contribution in [0.1, 0.15) is 39.0 Å². The summed E-state index contributed by atoms with van der Waals surface area (Å²) in [4.78, 5) is 0. The number of hydrogen-bond donors (Lipinski definition) is 1. The van der Waals surface area contributed by atoms with Crippen LogP contribution in [0, 0.1) is 0 Å². The summed E-state index contributed by atoms with van der Waals surface area (Å²) in [7, 11) is 0. The molecule has 0 heterocycles. The fourth-order valence-corrected chi connectivity index (χ4v) is 2.69. The van der Waals surface area contributed by atoms with Crippen LogP contribution < -0.4 is 10.1 Å². The molecular weight excluding hydrogens is 290 g/mol. The van der Waals surface area contributed by atoms with Gasteiger partial charge in [0.15, 0.2) is 0 Å². The molecule has 1 unspecified atom stereocenters. The van der Waals surface area contributed by atoms with Crippen LogP contribution in [0.4, 0.5) is 0 Å². The molecule has 18 heavy (non-hydrogen) atoms. The van der Waals surface area contributed by atoms with Gasteiger partial charge in [-0.2, -0.15) is 0 Å². The highest BCUT2D eigenvalue weighted by Crippen LogP contribution is 2.19. The summed E-state index contributed by atoms with van der Waals surface area (Å²) in [6, 6.07) is 8.73. The van der Waals surface area contributed by atoms with Gasteiger partial charge in [0.05, 0.1) is 0 Å². The van der Waals surface area contributed by atoms with Crippen molar-refractivity contribution in [3.05, 3.63) is 28.7 Å². The van der Waals surface area contributed by atoms with Gasteiger partial charge in [-0.3, -0.25) is 0 Å². The van der Waals surface area contributed by atoms with Crippen LogP contribution in [0.3, 0.4) is 0 Å². The Balaban J connectivity index is 1.71. The van der Waals surface area contributed by atoms with Gasteiger partial charge in [-0.25, -0.2) is 0 Å². The third-order valence-corrected chi connectivity index (χ3v) is 3.98. The summed E-state index contributed by atoms with van der Waals surface area (Å²) in [6.07, 6.45) is 7.02. The Morgan fingerprint density at radius 1 is 1.22 bits per heavy atom. The summed E-state index contributed by atoms with van der Waals surface area (Å²) in [5, 5.41) is 3.62. The van der Waals surface area contributed by atoms with Crippen LogP contribution in [0.25, 0.3) is 0 Å². The van der Waals surface area contributed by atoms with Crippen molar-refractivity contribution in [2.45, 2.75) is 51.2 Å². The Morgan fingerprint density at radius 2 is 1.89 bits per heavy atom. The molecule has 2 rings (SSSR count). The molecule has 0 aliphatic heterocycles. The molecule has 100 valence electrons. The molecular formula is C15H22BrNO. The van der Waals surface area contributed by atoms with Crippen molar-refractivity contribution in [2.24, 2.45) is 0 Å². The topological polar surface area (TPSA) is 21.3 Å². The van der Waals surface area contributed by atoms with Crippen LogP contribution in [-0.2, 0) is 0 Å². The van der Waals surface area contributed by atoms with E-state index in [9.17, 15) is 0 Å². The van der Waals surface area contributed by atoms with Crippen molar-refractivity contribution < 1.29 is 4.74 Å². The van der Waals surface area contributed by atoms with Crippen molar-refractivity contribution >= 4 is 15.9 Å². The molecule has 3 heteroatoms. The Hall–Kier alpha value is -0.540. The third kappa shape index (κ3) is 4.62. The lowest BCUT2D eigenvalue weighted by molar-refractivity contribution is 0.205. The first kappa shape index (κ1) is 13.9. The highest BCUT2D eigenvalue weighted by atomic mass is 79.9. The van der Waals surface area contributed by atoms with E-state index in [1.165, 1.54) is 32.1 Å². The average molecular weight is 312 g/mol.